The Kier molecular flexibility index (Phi) is 46.9. The van der Waals surface area contributed by atoms with E-state index in [1.807, 2.05) is 47.6 Å². The summed E-state index contributed by atoms with van der Waals surface area (Å²) >= 11 is 0. The van der Waals surface area contributed by atoms with E-state index < -0.39 is 0 Å². The van der Waals surface area contributed by atoms with Crippen LogP contribution in [0.5, 0.6) is 0 Å². The number of allylic oxidation sites excluding steroid dienone is 4. The zero-order valence-corrected chi connectivity index (χ0v) is 24.1. The molecule has 0 N–H and O–H groups in total. The van der Waals surface area contributed by atoms with Crippen LogP contribution in [0.4, 0.5) is 0 Å². The standard InChI is InChI=1S/C20H32.C5H12.3C2H6/c1-7-12-19(13-8-2)17-18(6)14-16-20(10-4,11-5)15-9-3;1-3-5-4-2;3*1-2/h9,12H,3,6-8,10-11,13,15,17H2,1-2,4-5H3;3-5H2,1-2H3;3*1-2H3/b19-12-;;;;. The Morgan fingerprint density at radius 2 is 1.29 bits per heavy atom. The van der Waals surface area contributed by atoms with Gasteiger partial charge in [-0.15, -0.1) is 6.58 Å². The van der Waals surface area contributed by atoms with Crippen molar-refractivity contribution < 1.29 is 0 Å². The fourth-order valence-corrected chi connectivity index (χ4v) is 2.81. The fraction of sp³-hybridized carbons (Fsp3) is 0.742. The van der Waals surface area contributed by atoms with Crippen molar-refractivity contribution in [1.82, 2.24) is 0 Å². The zero-order valence-electron chi connectivity index (χ0n) is 24.1. The molecule has 0 rings (SSSR count). The van der Waals surface area contributed by atoms with Gasteiger partial charge in [-0.25, -0.2) is 0 Å². The minimum absolute atomic E-state index is 0.0874. The summed E-state index contributed by atoms with van der Waals surface area (Å²) in [6.45, 7) is 33.3. The maximum absolute atomic E-state index is 4.15. The van der Waals surface area contributed by atoms with E-state index in [-0.39, 0.29) is 5.41 Å². The third-order valence-electron chi connectivity index (χ3n) is 4.60. The van der Waals surface area contributed by atoms with Gasteiger partial charge in [0.15, 0.2) is 0 Å². The molecule has 0 aliphatic carbocycles. The van der Waals surface area contributed by atoms with E-state index in [0.29, 0.717) is 0 Å². The quantitative estimate of drug-likeness (QED) is 0.224. The van der Waals surface area contributed by atoms with Crippen LogP contribution in [0.2, 0.25) is 0 Å². The number of hydrogen-bond acceptors (Lipinski definition) is 0. The molecule has 0 aromatic rings. The lowest BCUT2D eigenvalue weighted by atomic mass is 9.79. The first kappa shape index (κ1) is 40.2. The Hall–Kier alpha value is -1.22. The van der Waals surface area contributed by atoms with Gasteiger partial charge in [-0.1, -0.05) is 145 Å². The van der Waals surface area contributed by atoms with E-state index in [1.54, 1.807) is 0 Å². The van der Waals surface area contributed by atoms with E-state index in [2.05, 4.69) is 72.6 Å². The van der Waals surface area contributed by atoms with Crippen LogP contribution in [-0.2, 0) is 0 Å². The molecule has 31 heavy (non-hydrogen) atoms. The molecule has 0 nitrogen and oxygen atoms in total. The lowest BCUT2D eigenvalue weighted by Crippen LogP contribution is -2.15. The molecular formula is C31H62. The molecule has 0 heterocycles. The normalized spacial score (nSPS) is 9.48. The largest absolute Gasteiger partial charge is 0.103 e. The van der Waals surface area contributed by atoms with Gasteiger partial charge < -0.3 is 0 Å². The van der Waals surface area contributed by atoms with Gasteiger partial charge in [0.2, 0.25) is 0 Å². The first-order chi connectivity index (χ1) is 15.0. The number of unbranched alkanes of at least 4 members (excludes halogenated alkanes) is 2. The molecule has 0 bridgehead atoms. The van der Waals surface area contributed by atoms with E-state index in [4.69, 9.17) is 0 Å². The molecule has 186 valence electrons. The predicted molar refractivity (Wildman–Crippen MR) is 152 cm³/mol. The van der Waals surface area contributed by atoms with E-state index in [1.165, 1.54) is 31.3 Å². The molecule has 0 fully saturated rings. The highest BCUT2D eigenvalue weighted by Crippen LogP contribution is 2.30. The maximum Gasteiger partial charge on any atom is 0.0347 e. The summed E-state index contributed by atoms with van der Waals surface area (Å²) in [6, 6.07) is 0. The summed E-state index contributed by atoms with van der Waals surface area (Å²) in [5, 5.41) is 0. The van der Waals surface area contributed by atoms with Crippen LogP contribution in [0.25, 0.3) is 0 Å². The smallest absolute Gasteiger partial charge is 0.0347 e. The van der Waals surface area contributed by atoms with Gasteiger partial charge in [0.25, 0.3) is 0 Å². The van der Waals surface area contributed by atoms with Crippen LogP contribution < -0.4 is 0 Å². The third kappa shape index (κ3) is 28.8. The topological polar surface area (TPSA) is 0 Å². The Labute approximate surface area is 201 Å². The van der Waals surface area contributed by atoms with E-state index in [0.717, 1.165) is 44.1 Å². The lowest BCUT2D eigenvalue weighted by Gasteiger charge is -2.23. The van der Waals surface area contributed by atoms with E-state index >= 15 is 0 Å². The van der Waals surface area contributed by atoms with Gasteiger partial charge in [-0.05, 0) is 37.7 Å². The van der Waals surface area contributed by atoms with Crippen molar-refractivity contribution in [2.75, 3.05) is 0 Å². The van der Waals surface area contributed by atoms with Crippen LogP contribution in [0.1, 0.15) is 147 Å². The lowest BCUT2D eigenvalue weighted by molar-refractivity contribution is 0.376. The second-order valence-corrected chi connectivity index (χ2v) is 6.88. The Bertz CT molecular complexity index is 419. The average Bonchev–Trinajstić information content (AvgIpc) is 2.82. The molecule has 0 unspecified atom stereocenters. The molecule has 0 atom stereocenters. The number of rotatable bonds is 11. The van der Waals surface area contributed by atoms with Gasteiger partial charge in [-0.3, -0.25) is 0 Å². The van der Waals surface area contributed by atoms with Crippen LogP contribution in [0, 0.1) is 17.3 Å². The summed E-state index contributed by atoms with van der Waals surface area (Å²) in [4.78, 5) is 0. The molecule has 0 saturated heterocycles. The first-order valence-electron chi connectivity index (χ1n) is 13.5. The molecule has 0 saturated carbocycles. The van der Waals surface area contributed by atoms with Crippen molar-refractivity contribution in [2.24, 2.45) is 5.41 Å². The molecule has 0 aliphatic rings. The third-order valence-corrected chi connectivity index (χ3v) is 4.60. The summed E-state index contributed by atoms with van der Waals surface area (Å²) in [5.41, 5.74) is 2.62. The molecule has 0 aliphatic heterocycles. The van der Waals surface area contributed by atoms with Crippen molar-refractivity contribution in [2.45, 2.75) is 147 Å². The Balaban J connectivity index is -0.000000172. The molecule has 0 amide bonds. The summed E-state index contributed by atoms with van der Waals surface area (Å²) in [6.07, 6.45) is 15.9. The molecule has 0 aromatic carbocycles. The summed E-state index contributed by atoms with van der Waals surface area (Å²) in [7, 11) is 0. The molecule has 0 aromatic heterocycles. The molecule has 0 radical (unpaired) electrons. The first-order valence-corrected chi connectivity index (χ1v) is 13.5. The van der Waals surface area contributed by atoms with Crippen molar-refractivity contribution in [3.63, 3.8) is 0 Å². The van der Waals surface area contributed by atoms with Crippen LogP contribution >= 0.6 is 0 Å². The molecule has 0 spiro atoms. The summed E-state index contributed by atoms with van der Waals surface area (Å²) < 4.78 is 0. The SMILES string of the molecule is C=CCC(C#CC(=C)C/C(=C\CC)CCC)(CC)CC.CC.CC.CC.CCCCC. The highest BCUT2D eigenvalue weighted by molar-refractivity contribution is 5.32. The average molecular weight is 435 g/mol. The van der Waals surface area contributed by atoms with E-state index in [9.17, 15) is 0 Å². The van der Waals surface area contributed by atoms with Crippen LogP contribution in [0.3, 0.4) is 0 Å². The maximum atomic E-state index is 4.15. The zero-order chi connectivity index (χ0) is 25.6. The Morgan fingerprint density at radius 1 is 0.806 bits per heavy atom. The monoisotopic (exact) mass is 434 g/mol. The molecular weight excluding hydrogens is 372 g/mol. The van der Waals surface area contributed by atoms with Gasteiger partial charge >= 0.3 is 0 Å². The summed E-state index contributed by atoms with van der Waals surface area (Å²) in [5.74, 6) is 6.80. The second-order valence-electron chi connectivity index (χ2n) is 6.88. The fourth-order valence-electron chi connectivity index (χ4n) is 2.81. The van der Waals surface area contributed by atoms with Crippen LogP contribution in [-0.4, -0.2) is 0 Å². The van der Waals surface area contributed by atoms with Crippen molar-refractivity contribution in [3.8, 4) is 11.8 Å². The van der Waals surface area contributed by atoms with Crippen molar-refractivity contribution in [3.05, 3.63) is 36.5 Å². The van der Waals surface area contributed by atoms with Crippen LogP contribution in [0.15, 0.2) is 36.5 Å². The molecule has 0 heteroatoms. The van der Waals surface area contributed by atoms with Gasteiger partial charge in [0.05, 0.1) is 0 Å². The van der Waals surface area contributed by atoms with Gasteiger partial charge in [-0.2, -0.15) is 0 Å². The number of hydrogen-bond donors (Lipinski definition) is 0. The van der Waals surface area contributed by atoms with Crippen molar-refractivity contribution >= 4 is 0 Å². The highest BCUT2D eigenvalue weighted by atomic mass is 14.2. The minimum Gasteiger partial charge on any atom is -0.103 e. The minimum atomic E-state index is 0.0874. The van der Waals surface area contributed by atoms with Crippen molar-refractivity contribution in [1.29, 1.82) is 0 Å². The Morgan fingerprint density at radius 3 is 1.58 bits per heavy atom. The highest BCUT2D eigenvalue weighted by Gasteiger charge is 2.21. The van der Waals surface area contributed by atoms with Gasteiger partial charge in [0.1, 0.15) is 0 Å². The second kappa shape index (κ2) is 36.2. The predicted octanol–water partition coefficient (Wildman–Crippen LogP) is 11.7. The van der Waals surface area contributed by atoms with Gasteiger partial charge in [0, 0.05) is 11.8 Å².